The fourth-order valence-corrected chi connectivity index (χ4v) is 3.73. The van der Waals surface area contributed by atoms with Crippen molar-refractivity contribution in [3.05, 3.63) is 52.7 Å². The first-order valence-electron chi connectivity index (χ1n) is 9.37. The molecule has 0 aliphatic carbocycles. The fraction of sp³-hybridized carbons (Fsp3) is 0.429. The lowest BCUT2D eigenvalue weighted by molar-refractivity contribution is 0.0700. The molecule has 2 N–H and O–H groups in total. The van der Waals surface area contributed by atoms with Gasteiger partial charge in [0.25, 0.3) is 5.91 Å². The van der Waals surface area contributed by atoms with Gasteiger partial charge in [0, 0.05) is 37.1 Å². The van der Waals surface area contributed by atoms with Crippen LogP contribution in [0.25, 0.3) is 0 Å². The van der Waals surface area contributed by atoms with Gasteiger partial charge in [-0.15, -0.1) is 0 Å². The summed E-state index contributed by atoms with van der Waals surface area (Å²) < 4.78 is 0. The third-order valence-electron chi connectivity index (χ3n) is 5.13. The normalized spacial score (nSPS) is 16.6. The number of halogens is 1. The van der Waals surface area contributed by atoms with Crippen molar-refractivity contribution in [1.29, 1.82) is 0 Å². The number of nitrogens with zero attached hydrogens (tertiary/aromatic N) is 2. The molecule has 0 spiro atoms. The number of hydrogen-bond acceptors (Lipinski definition) is 4. The van der Waals surface area contributed by atoms with E-state index in [9.17, 15) is 4.79 Å². The Morgan fingerprint density at radius 3 is 2.81 bits per heavy atom. The Kier molecular flexibility index (Phi) is 5.90. The number of amides is 1. The Morgan fingerprint density at radius 2 is 2.15 bits per heavy atom. The second kappa shape index (κ2) is 8.17. The highest BCUT2D eigenvalue weighted by Crippen LogP contribution is 2.30. The van der Waals surface area contributed by atoms with Crippen molar-refractivity contribution in [2.24, 2.45) is 5.92 Å². The van der Waals surface area contributed by atoms with Crippen molar-refractivity contribution in [2.75, 3.05) is 24.2 Å². The molecule has 1 aromatic heterocycles. The molecule has 1 aliphatic heterocycles. The number of benzene rings is 1. The van der Waals surface area contributed by atoms with Gasteiger partial charge in [-0.2, -0.15) is 0 Å². The first kappa shape index (κ1) is 19.5. The van der Waals surface area contributed by atoms with Crippen LogP contribution in [0.2, 0.25) is 5.02 Å². The molecule has 0 radical (unpaired) electrons. The molecule has 2 atom stereocenters. The fourth-order valence-electron chi connectivity index (χ4n) is 3.61. The largest absolute Gasteiger partial charge is 0.382 e. The van der Waals surface area contributed by atoms with E-state index >= 15 is 0 Å². The standard InChI is InChI=1S/C21H27ClN4O/c1-13(2)19(12-24-20-9-8-15(22)11-23-20)26(4)21(27)16-6-5-7-18-17(16)10-14(3)25-18/h5-9,11,13-14,19,25H,10,12H2,1-4H3,(H,23,24)/t14?,19-/m1/s1. The van der Waals surface area contributed by atoms with Gasteiger partial charge in [0.05, 0.1) is 11.1 Å². The number of nitrogens with one attached hydrogen (secondary N) is 2. The number of pyridine rings is 1. The van der Waals surface area contributed by atoms with Crippen LogP contribution in [0.3, 0.4) is 0 Å². The van der Waals surface area contributed by atoms with Crippen LogP contribution in [0.1, 0.15) is 36.7 Å². The molecular formula is C21H27ClN4O. The number of carbonyl (C=O) groups is 1. The predicted molar refractivity (Wildman–Crippen MR) is 112 cm³/mol. The summed E-state index contributed by atoms with van der Waals surface area (Å²) in [5.74, 6) is 1.12. The van der Waals surface area contributed by atoms with Crippen molar-refractivity contribution in [2.45, 2.75) is 39.3 Å². The van der Waals surface area contributed by atoms with Gasteiger partial charge in [0.2, 0.25) is 0 Å². The lowest BCUT2D eigenvalue weighted by Gasteiger charge is -2.32. The lowest BCUT2D eigenvalue weighted by atomic mass is 9.98. The maximum absolute atomic E-state index is 13.3. The highest BCUT2D eigenvalue weighted by atomic mass is 35.5. The van der Waals surface area contributed by atoms with Gasteiger partial charge in [-0.25, -0.2) is 4.98 Å². The van der Waals surface area contributed by atoms with Crippen LogP contribution >= 0.6 is 11.6 Å². The monoisotopic (exact) mass is 386 g/mol. The lowest BCUT2D eigenvalue weighted by Crippen LogP contribution is -2.45. The van der Waals surface area contributed by atoms with E-state index < -0.39 is 0 Å². The molecule has 0 bridgehead atoms. The third kappa shape index (κ3) is 4.35. The van der Waals surface area contributed by atoms with Crippen molar-refractivity contribution in [3.8, 4) is 0 Å². The van der Waals surface area contributed by atoms with Crippen molar-refractivity contribution in [1.82, 2.24) is 9.88 Å². The van der Waals surface area contributed by atoms with E-state index in [2.05, 4.69) is 36.4 Å². The van der Waals surface area contributed by atoms with E-state index in [4.69, 9.17) is 11.6 Å². The second-order valence-electron chi connectivity index (χ2n) is 7.55. The average molecular weight is 387 g/mol. The first-order valence-corrected chi connectivity index (χ1v) is 9.75. The number of carbonyl (C=O) groups excluding carboxylic acids is 1. The van der Waals surface area contributed by atoms with Gasteiger partial charge in [-0.3, -0.25) is 4.79 Å². The summed E-state index contributed by atoms with van der Waals surface area (Å²) in [5, 5.41) is 7.36. The van der Waals surface area contributed by atoms with E-state index in [1.807, 2.05) is 36.2 Å². The van der Waals surface area contributed by atoms with E-state index in [0.29, 0.717) is 23.5 Å². The van der Waals surface area contributed by atoms with E-state index in [0.717, 1.165) is 29.1 Å². The number of fused-ring (bicyclic) bond motifs is 1. The van der Waals surface area contributed by atoms with E-state index in [-0.39, 0.29) is 11.9 Å². The molecule has 1 aliphatic rings. The smallest absolute Gasteiger partial charge is 0.254 e. The summed E-state index contributed by atoms with van der Waals surface area (Å²) in [4.78, 5) is 19.4. The van der Waals surface area contributed by atoms with Crippen LogP contribution in [0.5, 0.6) is 0 Å². The van der Waals surface area contributed by atoms with Crippen LogP contribution in [0.15, 0.2) is 36.5 Å². The van der Waals surface area contributed by atoms with E-state index in [1.54, 1.807) is 12.3 Å². The molecule has 6 heteroatoms. The van der Waals surface area contributed by atoms with Crippen molar-refractivity contribution < 1.29 is 4.79 Å². The van der Waals surface area contributed by atoms with E-state index in [1.165, 1.54) is 0 Å². The average Bonchev–Trinajstić information content (AvgIpc) is 3.02. The molecule has 1 amide bonds. The predicted octanol–water partition coefficient (Wildman–Crippen LogP) is 4.30. The summed E-state index contributed by atoms with van der Waals surface area (Å²) in [6.07, 6.45) is 2.49. The highest BCUT2D eigenvalue weighted by Gasteiger charge is 2.28. The molecule has 1 unspecified atom stereocenters. The SMILES string of the molecule is CC1Cc2c(cccc2C(=O)N(C)[C@H](CNc2ccc(Cl)cn2)C(C)C)N1. The highest BCUT2D eigenvalue weighted by molar-refractivity contribution is 6.30. The number of hydrogen-bond donors (Lipinski definition) is 2. The molecule has 0 fully saturated rings. The van der Waals surface area contributed by atoms with Gasteiger partial charge in [-0.05, 0) is 49.1 Å². The molecular weight excluding hydrogens is 360 g/mol. The van der Waals surface area contributed by atoms with Crippen LogP contribution in [-0.2, 0) is 6.42 Å². The summed E-state index contributed by atoms with van der Waals surface area (Å²) in [6.45, 7) is 7.02. The topological polar surface area (TPSA) is 57.3 Å². The quantitative estimate of drug-likeness (QED) is 0.777. The molecule has 2 aromatic rings. The van der Waals surface area contributed by atoms with Gasteiger partial charge >= 0.3 is 0 Å². The molecule has 0 saturated heterocycles. The minimum Gasteiger partial charge on any atom is -0.382 e. The third-order valence-corrected chi connectivity index (χ3v) is 5.35. The molecule has 3 rings (SSSR count). The van der Waals surface area contributed by atoms with Crippen LogP contribution in [-0.4, -0.2) is 41.5 Å². The zero-order valence-corrected chi connectivity index (χ0v) is 17.0. The van der Waals surface area contributed by atoms with Gasteiger partial charge in [-0.1, -0.05) is 31.5 Å². The van der Waals surface area contributed by atoms with Gasteiger partial charge in [0.15, 0.2) is 0 Å². The van der Waals surface area contributed by atoms with Crippen LogP contribution in [0, 0.1) is 5.92 Å². The Hall–Kier alpha value is -2.27. The van der Waals surface area contributed by atoms with Crippen LogP contribution in [0.4, 0.5) is 11.5 Å². The summed E-state index contributed by atoms with van der Waals surface area (Å²) in [7, 11) is 1.88. The Balaban J connectivity index is 1.75. The zero-order valence-electron chi connectivity index (χ0n) is 16.3. The molecule has 5 nitrogen and oxygen atoms in total. The van der Waals surface area contributed by atoms with Gasteiger partial charge in [0.1, 0.15) is 5.82 Å². The number of aromatic nitrogens is 1. The minimum absolute atomic E-state index is 0.0395. The molecule has 144 valence electrons. The maximum atomic E-state index is 13.3. The Labute approximate surface area is 166 Å². The number of likely N-dealkylation sites (N-methyl/N-ethyl adjacent to an activating group) is 1. The molecule has 1 aromatic carbocycles. The summed E-state index contributed by atoms with van der Waals surface area (Å²) >= 11 is 5.89. The maximum Gasteiger partial charge on any atom is 0.254 e. The Bertz CT molecular complexity index is 806. The van der Waals surface area contributed by atoms with Crippen molar-refractivity contribution >= 4 is 29.0 Å². The van der Waals surface area contributed by atoms with Gasteiger partial charge < -0.3 is 15.5 Å². The van der Waals surface area contributed by atoms with Crippen molar-refractivity contribution in [3.63, 3.8) is 0 Å². The summed E-state index contributed by atoms with van der Waals surface area (Å²) in [5.41, 5.74) is 2.99. The number of rotatable bonds is 6. The minimum atomic E-state index is 0.0395. The Morgan fingerprint density at radius 1 is 1.37 bits per heavy atom. The number of anilines is 2. The second-order valence-corrected chi connectivity index (χ2v) is 7.99. The zero-order chi connectivity index (χ0) is 19.6. The molecule has 27 heavy (non-hydrogen) atoms. The van der Waals surface area contributed by atoms with Crippen LogP contribution < -0.4 is 10.6 Å². The first-order chi connectivity index (χ1) is 12.9. The summed E-state index contributed by atoms with van der Waals surface area (Å²) in [6, 6.07) is 9.98. The molecule has 2 heterocycles. The molecule has 0 saturated carbocycles.